The van der Waals surface area contributed by atoms with E-state index in [0.29, 0.717) is 0 Å². The number of para-hydroxylation sites is 1. The first-order valence-corrected chi connectivity index (χ1v) is 8.53. The molecular weight excluding hydrogens is 308 g/mol. The van der Waals surface area contributed by atoms with Gasteiger partial charge in [0.1, 0.15) is 6.04 Å². The summed E-state index contributed by atoms with van der Waals surface area (Å²) in [6, 6.07) is 15.9. The number of carbonyl (C=O) groups excluding carboxylic acids is 1. The zero-order chi connectivity index (χ0) is 15.8. The monoisotopic (exact) mass is 326 g/mol. The Kier molecular flexibility index (Phi) is 3.74. The summed E-state index contributed by atoms with van der Waals surface area (Å²) in [6.45, 7) is 1.72. The highest BCUT2D eigenvalue weighted by Crippen LogP contribution is 2.34. The van der Waals surface area contributed by atoms with Gasteiger partial charge in [-0.25, -0.2) is 0 Å². The van der Waals surface area contributed by atoms with Crippen LogP contribution in [0.3, 0.4) is 0 Å². The van der Waals surface area contributed by atoms with E-state index in [4.69, 9.17) is 11.6 Å². The Balaban J connectivity index is 1.62. The van der Waals surface area contributed by atoms with Gasteiger partial charge in [0.15, 0.2) is 0 Å². The third-order valence-electron chi connectivity index (χ3n) is 4.82. The number of anilines is 2. The van der Waals surface area contributed by atoms with E-state index in [1.165, 1.54) is 11.3 Å². The highest BCUT2D eigenvalue weighted by molar-refractivity contribution is 6.30. The molecule has 23 heavy (non-hydrogen) atoms. The van der Waals surface area contributed by atoms with E-state index < -0.39 is 0 Å². The van der Waals surface area contributed by atoms with E-state index in [-0.39, 0.29) is 11.9 Å². The van der Waals surface area contributed by atoms with Crippen molar-refractivity contribution in [3.63, 3.8) is 0 Å². The average Bonchev–Trinajstić information content (AvgIpc) is 2.96. The lowest BCUT2D eigenvalue weighted by molar-refractivity contribution is -0.118. The van der Waals surface area contributed by atoms with Crippen LogP contribution in [0.5, 0.6) is 0 Å². The van der Waals surface area contributed by atoms with Gasteiger partial charge in [0.05, 0.1) is 0 Å². The average molecular weight is 327 g/mol. The van der Waals surface area contributed by atoms with Crippen LogP contribution in [0.1, 0.15) is 18.4 Å². The zero-order valence-electron chi connectivity index (χ0n) is 12.9. The Hall–Kier alpha value is -2.00. The summed E-state index contributed by atoms with van der Waals surface area (Å²) < 4.78 is 0. The summed E-state index contributed by atoms with van der Waals surface area (Å²) in [6.07, 6.45) is 2.98. The van der Waals surface area contributed by atoms with Crippen molar-refractivity contribution in [2.75, 3.05) is 22.9 Å². The molecule has 2 aromatic carbocycles. The number of rotatable bonds is 2. The minimum absolute atomic E-state index is 0.0598. The fourth-order valence-electron chi connectivity index (χ4n) is 3.74. The predicted molar refractivity (Wildman–Crippen MR) is 94.3 cm³/mol. The van der Waals surface area contributed by atoms with Crippen molar-refractivity contribution < 1.29 is 4.79 Å². The molecule has 1 fully saturated rings. The molecule has 1 unspecified atom stereocenters. The molecule has 2 aliphatic rings. The maximum atomic E-state index is 12.9. The number of hydrogen-bond acceptors (Lipinski definition) is 2. The highest BCUT2D eigenvalue weighted by atomic mass is 35.5. The molecule has 0 bridgehead atoms. The third-order valence-corrected chi connectivity index (χ3v) is 5.05. The van der Waals surface area contributed by atoms with Crippen molar-refractivity contribution in [2.45, 2.75) is 25.3 Å². The summed E-state index contributed by atoms with van der Waals surface area (Å²) in [5.74, 6) is 0.207. The normalized spacial score (nSPS) is 20.7. The number of halogens is 1. The fourth-order valence-corrected chi connectivity index (χ4v) is 3.93. The van der Waals surface area contributed by atoms with Crippen molar-refractivity contribution in [1.82, 2.24) is 0 Å². The molecule has 4 rings (SSSR count). The second-order valence-corrected chi connectivity index (χ2v) is 6.64. The number of fused-ring (bicyclic) bond motifs is 1. The smallest absolute Gasteiger partial charge is 0.249 e. The Bertz CT molecular complexity index is 731. The number of aryl methyl sites for hydroxylation is 1. The van der Waals surface area contributed by atoms with E-state index in [1.807, 2.05) is 47.4 Å². The van der Waals surface area contributed by atoms with Crippen LogP contribution >= 0.6 is 11.6 Å². The van der Waals surface area contributed by atoms with E-state index in [1.54, 1.807) is 0 Å². The van der Waals surface area contributed by atoms with Crippen LogP contribution in [-0.2, 0) is 11.2 Å². The minimum Gasteiger partial charge on any atom is -0.359 e. The first-order valence-electron chi connectivity index (χ1n) is 8.15. The number of amides is 1. The van der Waals surface area contributed by atoms with Crippen LogP contribution in [0.15, 0.2) is 48.5 Å². The van der Waals surface area contributed by atoms with Crippen LogP contribution in [0, 0.1) is 0 Å². The van der Waals surface area contributed by atoms with Crippen LogP contribution in [0.2, 0.25) is 5.02 Å². The lowest BCUT2D eigenvalue weighted by atomic mass is 9.99. The minimum atomic E-state index is -0.0598. The van der Waals surface area contributed by atoms with Crippen molar-refractivity contribution in [3.8, 4) is 0 Å². The first kappa shape index (κ1) is 14.6. The summed E-state index contributed by atoms with van der Waals surface area (Å²) in [7, 11) is 0. The molecule has 2 aromatic rings. The molecule has 0 aromatic heterocycles. The molecule has 0 saturated carbocycles. The van der Waals surface area contributed by atoms with Crippen molar-refractivity contribution in [2.24, 2.45) is 0 Å². The van der Waals surface area contributed by atoms with E-state index in [0.717, 1.165) is 43.1 Å². The predicted octanol–water partition coefficient (Wildman–Crippen LogP) is 3.90. The van der Waals surface area contributed by atoms with Gasteiger partial charge in [-0.1, -0.05) is 29.8 Å². The molecule has 2 heterocycles. The molecule has 4 heteroatoms. The summed E-state index contributed by atoms with van der Waals surface area (Å²) in [4.78, 5) is 17.1. The number of benzene rings is 2. The van der Waals surface area contributed by atoms with Gasteiger partial charge in [0.2, 0.25) is 5.91 Å². The molecule has 1 atom stereocenters. The third kappa shape index (κ3) is 2.59. The van der Waals surface area contributed by atoms with E-state index >= 15 is 0 Å². The molecule has 2 aliphatic heterocycles. The van der Waals surface area contributed by atoms with Gasteiger partial charge in [-0.2, -0.15) is 0 Å². The Labute approximate surface area is 141 Å². The molecule has 0 radical (unpaired) electrons. The van der Waals surface area contributed by atoms with Crippen molar-refractivity contribution in [3.05, 3.63) is 59.1 Å². The van der Waals surface area contributed by atoms with Crippen LogP contribution in [0.25, 0.3) is 0 Å². The van der Waals surface area contributed by atoms with Gasteiger partial charge in [-0.15, -0.1) is 0 Å². The molecule has 0 N–H and O–H groups in total. The van der Waals surface area contributed by atoms with Gasteiger partial charge in [0, 0.05) is 29.5 Å². The van der Waals surface area contributed by atoms with Gasteiger partial charge in [-0.3, -0.25) is 4.79 Å². The molecule has 1 saturated heterocycles. The second-order valence-electron chi connectivity index (χ2n) is 6.20. The van der Waals surface area contributed by atoms with Crippen LogP contribution < -0.4 is 9.80 Å². The van der Waals surface area contributed by atoms with E-state index in [2.05, 4.69) is 11.0 Å². The molecule has 118 valence electrons. The highest BCUT2D eigenvalue weighted by Gasteiger charge is 2.38. The Morgan fingerprint density at radius 1 is 1.04 bits per heavy atom. The Morgan fingerprint density at radius 2 is 1.87 bits per heavy atom. The SMILES string of the molecule is O=C1C(N2CCCc3cc(Cl)ccc32)CCN1c1ccccc1. The summed E-state index contributed by atoms with van der Waals surface area (Å²) in [5, 5.41) is 0.772. The maximum Gasteiger partial charge on any atom is 0.249 e. The number of hydrogen-bond donors (Lipinski definition) is 0. The number of nitrogens with zero attached hydrogens (tertiary/aromatic N) is 2. The quantitative estimate of drug-likeness (QED) is 0.835. The molecule has 0 spiro atoms. The van der Waals surface area contributed by atoms with E-state index in [9.17, 15) is 4.79 Å². The molecule has 1 amide bonds. The maximum absolute atomic E-state index is 12.9. The Morgan fingerprint density at radius 3 is 2.70 bits per heavy atom. The summed E-state index contributed by atoms with van der Waals surface area (Å²) in [5.41, 5.74) is 3.43. The second kappa shape index (κ2) is 5.89. The lowest BCUT2D eigenvalue weighted by Crippen LogP contribution is -2.44. The van der Waals surface area contributed by atoms with Gasteiger partial charge < -0.3 is 9.80 Å². The molecule has 3 nitrogen and oxygen atoms in total. The molecular formula is C19H19ClN2O. The van der Waals surface area contributed by atoms with Crippen molar-refractivity contribution in [1.29, 1.82) is 0 Å². The zero-order valence-corrected chi connectivity index (χ0v) is 13.7. The first-order chi connectivity index (χ1) is 11.2. The van der Waals surface area contributed by atoms with Gasteiger partial charge in [-0.05, 0) is 55.2 Å². The topological polar surface area (TPSA) is 23.6 Å². The number of carbonyl (C=O) groups is 1. The van der Waals surface area contributed by atoms with Gasteiger partial charge in [0.25, 0.3) is 0 Å². The largest absolute Gasteiger partial charge is 0.359 e. The van der Waals surface area contributed by atoms with Crippen LogP contribution in [0.4, 0.5) is 11.4 Å². The summed E-state index contributed by atoms with van der Waals surface area (Å²) >= 11 is 6.12. The van der Waals surface area contributed by atoms with Crippen LogP contribution in [-0.4, -0.2) is 25.0 Å². The fraction of sp³-hybridized carbons (Fsp3) is 0.316. The standard InChI is InChI=1S/C19H19ClN2O/c20-15-8-9-17-14(13-15)5-4-11-22(17)18-10-12-21(19(18)23)16-6-2-1-3-7-16/h1-3,6-9,13,18H,4-5,10-12H2. The van der Waals surface area contributed by atoms with Crippen molar-refractivity contribution >= 4 is 28.9 Å². The van der Waals surface area contributed by atoms with Gasteiger partial charge >= 0.3 is 0 Å². The molecule has 0 aliphatic carbocycles. The lowest BCUT2D eigenvalue weighted by Gasteiger charge is -2.35.